The van der Waals surface area contributed by atoms with Crippen molar-refractivity contribution in [3.63, 3.8) is 0 Å². The maximum Gasteiger partial charge on any atom is 0.187 e. The lowest BCUT2D eigenvalue weighted by molar-refractivity contribution is 0.104. The van der Waals surface area contributed by atoms with Crippen molar-refractivity contribution < 1.29 is 9.53 Å². The van der Waals surface area contributed by atoms with Crippen LogP contribution in [0.2, 0.25) is 0 Å². The summed E-state index contributed by atoms with van der Waals surface area (Å²) in [4.78, 5) is 15.8. The van der Waals surface area contributed by atoms with E-state index in [0.717, 1.165) is 18.4 Å². The van der Waals surface area contributed by atoms with Crippen LogP contribution < -0.4 is 4.74 Å². The lowest BCUT2D eigenvalue weighted by Crippen LogP contribution is -1.98. The van der Waals surface area contributed by atoms with Crippen LogP contribution in [0.3, 0.4) is 0 Å². The summed E-state index contributed by atoms with van der Waals surface area (Å²) in [5.41, 5.74) is 1.71. The Kier molecular flexibility index (Phi) is 4.70. The van der Waals surface area contributed by atoms with Crippen LogP contribution in [0.1, 0.15) is 37.0 Å². The number of carbonyl (C=O) groups is 1. The molecule has 0 amide bonds. The summed E-state index contributed by atoms with van der Waals surface area (Å²) in [5, 5.41) is 0. The topological polar surface area (TPSA) is 39.2 Å². The number of pyridine rings is 1. The number of methoxy groups -OCH3 is 1. The fourth-order valence-electron chi connectivity index (χ4n) is 1.39. The molecule has 0 N–H and O–H groups in total. The molecule has 0 atom stereocenters. The van der Waals surface area contributed by atoms with E-state index in [1.54, 1.807) is 31.6 Å². The summed E-state index contributed by atoms with van der Waals surface area (Å²) in [6.07, 6.45) is 6.64. The number of hydrogen-bond acceptors (Lipinski definition) is 3. The van der Waals surface area contributed by atoms with Gasteiger partial charge in [-0.05, 0) is 25.0 Å². The molecule has 0 saturated carbocycles. The van der Waals surface area contributed by atoms with Gasteiger partial charge >= 0.3 is 0 Å². The largest absolute Gasteiger partial charge is 0.495 e. The van der Waals surface area contributed by atoms with Crippen LogP contribution in [0.15, 0.2) is 30.1 Å². The molecule has 3 nitrogen and oxygen atoms in total. The Bertz CT molecular complexity index is 391. The maximum atomic E-state index is 11.9. The highest BCUT2D eigenvalue weighted by atomic mass is 16.5. The Hall–Kier alpha value is -1.64. The van der Waals surface area contributed by atoms with Gasteiger partial charge in [-0.3, -0.25) is 9.78 Å². The van der Waals surface area contributed by atoms with Gasteiger partial charge in [0.15, 0.2) is 5.78 Å². The van der Waals surface area contributed by atoms with E-state index in [2.05, 4.69) is 4.98 Å². The number of hydrogen-bond donors (Lipinski definition) is 0. The third kappa shape index (κ3) is 3.19. The summed E-state index contributed by atoms with van der Waals surface area (Å²) in [7, 11) is 1.56. The third-order valence-corrected chi connectivity index (χ3v) is 2.48. The zero-order chi connectivity index (χ0) is 12.0. The van der Waals surface area contributed by atoms with Crippen LogP contribution in [0.5, 0.6) is 5.75 Å². The van der Waals surface area contributed by atoms with E-state index in [4.69, 9.17) is 4.74 Å². The SMILES string of the molecule is CCC(=CC(=O)c1cncc(OC)c1)CC. The first-order valence-corrected chi connectivity index (χ1v) is 5.44. The number of aromatic nitrogens is 1. The first-order valence-electron chi connectivity index (χ1n) is 5.44. The molecule has 0 aliphatic carbocycles. The van der Waals surface area contributed by atoms with Crippen molar-refractivity contribution in [1.82, 2.24) is 4.98 Å². The molecule has 0 spiro atoms. The van der Waals surface area contributed by atoms with Crippen molar-refractivity contribution in [3.05, 3.63) is 35.7 Å². The average molecular weight is 219 g/mol. The number of ketones is 1. The molecule has 0 bridgehead atoms. The second-order valence-electron chi connectivity index (χ2n) is 3.49. The minimum Gasteiger partial charge on any atom is -0.495 e. The van der Waals surface area contributed by atoms with Gasteiger partial charge in [-0.25, -0.2) is 0 Å². The Balaban J connectivity index is 2.91. The quantitative estimate of drug-likeness (QED) is 0.564. The van der Waals surface area contributed by atoms with Crippen LogP contribution in [0, 0.1) is 0 Å². The van der Waals surface area contributed by atoms with Crippen LogP contribution in [-0.4, -0.2) is 17.9 Å². The second kappa shape index (κ2) is 6.05. The van der Waals surface area contributed by atoms with E-state index in [9.17, 15) is 4.79 Å². The van der Waals surface area contributed by atoms with Crippen molar-refractivity contribution in [2.24, 2.45) is 0 Å². The van der Waals surface area contributed by atoms with Gasteiger partial charge < -0.3 is 4.74 Å². The zero-order valence-corrected chi connectivity index (χ0v) is 9.99. The minimum atomic E-state index is -0.00917. The molecule has 0 aromatic carbocycles. The number of allylic oxidation sites excluding steroid dienone is 2. The lowest BCUT2D eigenvalue weighted by Gasteiger charge is -2.02. The summed E-state index contributed by atoms with van der Waals surface area (Å²) < 4.78 is 5.03. The van der Waals surface area contributed by atoms with Crippen molar-refractivity contribution in [3.8, 4) is 5.75 Å². The van der Waals surface area contributed by atoms with E-state index in [1.165, 1.54) is 0 Å². The van der Waals surface area contributed by atoms with Gasteiger partial charge in [-0.1, -0.05) is 19.4 Å². The Morgan fingerprint density at radius 1 is 1.38 bits per heavy atom. The molecule has 0 fully saturated rings. The Morgan fingerprint density at radius 3 is 2.62 bits per heavy atom. The number of nitrogens with zero attached hydrogens (tertiary/aromatic N) is 1. The lowest BCUT2D eigenvalue weighted by atomic mass is 10.1. The Morgan fingerprint density at radius 2 is 2.06 bits per heavy atom. The summed E-state index contributed by atoms with van der Waals surface area (Å²) in [6, 6.07) is 1.70. The molecule has 0 radical (unpaired) electrons. The number of rotatable bonds is 5. The highest BCUT2D eigenvalue weighted by Gasteiger charge is 2.05. The molecule has 0 aliphatic rings. The van der Waals surface area contributed by atoms with Crippen molar-refractivity contribution in [1.29, 1.82) is 0 Å². The summed E-state index contributed by atoms with van der Waals surface area (Å²) >= 11 is 0. The van der Waals surface area contributed by atoms with Crippen LogP contribution >= 0.6 is 0 Å². The molecular weight excluding hydrogens is 202 g/mol. The van der Waals surface area contributed by atoms with Crippen LogP contribution in [0.25, 0.3) is 0 Å². The summed E-state index contributed by atoms with van der Waals surface area (Å²) in [6.45, 7) is 4.10. The normalized spacial score (nSPS) is 9.69. The molecule has 1 heterocycles. The van der Waals surface area contributed by atoms with Gasteiger partial charge in [-0.2, -0.15) is 0 Å². The first kappa shape index (κ1) is 12.4. The van der Waals surface area contributed by atoms with E-state index >= 15 is 0 Å². The third-order valence-electron chi connectivity index (χ3n) is 2.48. The highest BCUT2D eigenvalue weighted by Crippen LogP contribution is 2.13. The minimum absolute atomic E-state index is 0.00917. The molecule has 0 saturated heterocycles. The average Bonchev–Trinajstić information content (AvgIpc) is 2.35. The molecule has 1 aromatic heterocycles. The van der Waals surface area contributed by atoms with Gasteiger partial charge in [-0.15, -0.1) is 0 Å². The molecule has 1 rings (SSSR count). The van der Waals surface area contributed by atoms with Gasteiger partial charge in [0.1, 0.15) is 5.75 Å². The monoisotopic (exact) mass is 219 g/mol. The van der Waals surface area contributed by atoms with Crippen molar-refractivity contribution in [2.75, 3.05) is 7.11 Å². The molecule has 0 unspecified atom stereocenters. The van der Waals surface area contributed by atoms with Gasteiger partial charge in [0.25, 0.3) is 0 Å². The van der Waals surface area contributed by atoms with E-state index in [-0.39, 0.29) is 5.78 Å². The van der Waals surface area contributed by atoms with Gasteiger partial charge in [0.2, 0.25) is 0 Å². The van der Waals surface area contributed by atoms with E-state index in [1.807, 2.05) is 13.8 Å². The molecular formula is C13H17NO2. The predicted molar refractivity (Wildman–Crippen MR) is 63.8 cm³/mol. The summed E-state index contributed by atoms with van der Waals surface area (Å²) in [5.74, 6) is 0.596. The van der Waals surface area contributed by atoms with E-state index < -0.39 is 0 Å². The number of carbonyl (C=O) groups excluding carboxylic acids is 1. The van der Waals surface area contributed by atoms with Gasteiger partial charge in [0.05, 0.1) is 13.3 Å². The van der Waals surface area contributed by atoms with Crippen LogP contribution in [-0.2, 0) is 0 Å². The van der Waals surface area contributed by atoms with Crippen molar-refractivity contribution in [2.45, 2.75) is 26.7 Å². The molecule has 86 valence electrons. The number of ether oxygens (including phenoxy) is 1. The van der Waals surface area contributed by atoms with Gasteiger partial charge in [0, 0.05) is 11.8 Å². The molecule has 1 aromatic rings. The Labute approximate surface area is 96.2 Å². The molecule has 16 heavy (non-hydrogen) atoms. The van der Waals surface area contributed by atoms with Crippen LogP contribution in [0.4, 0.5) is 0 Å². The van der Waals surface area contributed by atoms with Crippen molar-refractivity contribution >= 4 is 5.78 Å². The smallest absolute Gasteiger partial charge is 0.187 e. The highest BCUT2D eigenvalue weighted by molar-refractivity contribution is 6.04. The molecule has 0 aliphatic heterocycles. The zero-order valence-electron chi connectivity index (χ0n) is 9.99. The first-order chi connectivity index (χ1) is 7.71. The fraction of sp³-hybridized carbons (Fsp3) is 0.385. The predicted octanol–water partition coefficient (Wildman–Crippen LogP) is 3.02. The fourth-order valence-corrected chi connectivity index (χ4v) is 1.39. The standard InChI is InChI=1S/C13H17NO2/c1-4-10(5-2)6-13(15)11-7-12(16-3)9-14-8-11/h6-9H,4-5H2,1-3H3. The molecule has 3 heteroatoms. The van der Waals surface area contributed by atoms with E-state index in [0.29, 0.717) is 11.3 Å². The second-order valence-corrected chi connectivity index (χ2v) is 3.49. The maximum absolute atomic E-state index is 11.9.